The van der Waals surface area contributed by atoms with Gasteiger partial charge in [0, 0.05) is 11.5 Å². The fourth-order valence-electron chi connectivity index (χ4n) is 3.60. The van der Waals surface area contributed by atoms with Crippen molar-refractivity contribution < 1.29 is 18.7 Å². The number of hydrogen-bond donors (Lipinski definition) is 1. The van der Waals surface area contributed by atoms with E-state index >= 15 is 0 Å². The molecule has 0 spiro atoms. The number of para-hydroxylation sites is 1. The summed E-state index contributed by atoms with van der Waals surface area (Å²) in [6, 6.07) is 13.8. The highest BCUT2D eigenvalue weighted by Crippen LogP contribution is 2.43. The number of fused-ring (bicyclic) bond motifs is 1. The zero-order chi connectivity index (χ0) is 22.2. The zero-order valence-electron chi connectivity index (χ0n) is 17.9. The summed E-state index contributed by atoms with van der Waals surface area (Å²) in [7, 11) is 0. The first-order chi connectivity index (χ1) is 14.7. The minimum absolute atomic E-state index is 0.137. The van der Waals surface area contributed by atoms with Gasteiger partial charge in [-0.1, -0.05) is 54.3 Å². The SMILES string of the molecule is CC(C)(C)OC(=O)N[C@]1(C#CC2CC2)C(=O)N(Cc2ccccc2)c2c(F)cccc21. The monoisotopic (exact) mass is 420 g/mol. The van der Waals surface area contributed by atoms with Crippen LogP contribution in [-0.2, 0) is 21.6 Å². The molecule has 1 saturated carbocycles. The van der Waals surface area contributed by atoms with E-state index in [-0.39, 0.29) is 18.2 Å². The second kappa shape index (κ2) is 7.73. The Kier molecular flexibility index (Phi) is 5.22. The van der Waals surface area contributed by atoms with Gasteiger partial charge in [0.1, 0.15) is 11.4 Å². The second-order valence-corrected chi connectivity index (χ2v) is 8.93. The van der Waals surface area contributed by atoms with Crippen molar-refractivity contribution in [3.05, 3.63) is 65.5 Å². The largest absolute Gasteiger partial charge is 0.444 e. The van der Waals surface area contributed by atoms with Gasteiger partial charge in [0.15, 0.2) is 0 Å². The second-order valence-electron chi connectivity index (χ2n) is 8.93. The van der Waals surface area contributed by atoms with E-state index in [4.69, 9.17) is 4.74 Å². The van der Waals surface area contributed by atoms with Gasteiger partial charge in [-0.15, -0.1) is 0 Å². The Bertz CT molecular complexity index is 1080. The van der Waals surface area contributed by atoms with Crippen LogP contribution in [0.3, 0.4) is 0 Å². The number of carbonyl (C=O) groups excluding carboxylic acids is 2. The van der Waals surface area contributed by atoms with E-state index in [9.17, 15) is 14.0 Å². The average molecular weight is 420 g/mol. The topological polar surface area (TPSA) is 58.6 Å². The molecule has 160 valence electrons. The fraction of sp³-hybridized carbons (Fsp3) is 0.360. The standard InChI is InChI=1S/C25H25FN2O3/c1-24(2,3)31-23(30)27-25(15-14-17-12-13-17)19-10-7-11-20(26)21(19)28(22(25)29)16-18-8-5-4-6-9-18/h4-11,17H,12-13,16H2,1-3H3,(H,27,30)/t25-/m0/s1. The van der Waals surface area contributed by atoms with Gasteiger partial charge in [-0.3, -0.25) is 10.1 Å². The summed E-state index contributed by atoms with van der Waals surface area (Å²) in [5.41, 5.74) is -1.15. The molecule has 2 aliphatic rings. The summed E-state index contributed by atoms with van der Waals surface area (Å²) in [6.07, 6.45) is 1.13. The van der Waals surface area contributed by atoms with Crippen LogP contribution in [0.1, 0.15) is 44.7 Å². The lowest BCUT2D eigenvalue weighted by Crippen LogP contribution is -2.53. The van der Waals surface area contributed by atoms with Gasteiger partial charge >= 0.3 is 6.09 Å². The molecule has 4 rings (SSSR count). The fourth-order valence-corrected chi connectivity index (χ4v) is 3.60. The smallest absolute Gasteiger partial charge is 0.409 e. The summed E-state index contributed by atoms with van der Waals surface area (Å²) in [5, 5.41) is 2.69. The van der Waals surface area contributed by atoms with E-state index in [1.165, 1.54) is 17.0 Å². The van der Waals surface area contributed by atoms with Crippen molar-refractivity contribution in [2.24, 2.45) is 5.92 Å². The van der Waals surface area contributed by atoms with E-state index < -0.39 is 29.0 Å². The maximum atomic E-state index is 15.0. The van der Waals surface area contributed by atoms with Crippen molar-refractivity contribution >= 4 is 17.7 Å². The molecule has 1 N–H and O–H groups in total. The number of nitrogens with zero attached hydrogens (tertiary/aromatic N) is 1. The van der Waals surface area contributed by atoms with Crippen LogP contribution in [0.5, 0.6) is 0 Å². The summed E-state index contributed by atoms with van der Waals surface area (Å²) in [4.78, 5) is 27.8. The van der Waals surface area contributed by atoms with Crippen molar-refractivity contribution in [2.45, 2.75) is 51.3 Å². The van der Waals surface area contributed by atoms with Crippen molar-refractivity contribution in [3.8, 4) is 11.8 Å². The van der Waals surface area contributed by atoms with Gasteiger partial charge in [0.2, 0.25) is 5.54 Å². The predicted molar refractivity (Wildman–Crippen MR) is 116 cm³/mol. The quantitative estimate of drug-likeness (QED) is 0.744. The number of carbonyl (C=O) groups is 2. The van der Waals surface area contributed by atoms with E-state index in [0.29, 0.717) is 5.56 Å². The van der Waals surface area contributed by atoms with Crippen LogP contribution in [0.25, 0.3) is 0 Å². The number of benzene rings is 2. The Morgan fingerprint density at radius 2 is 1.90 bits per heavy atom. The molecule has 1 atom stereocenters. The van der Waals surface area contributed by atoms with Crippen LogP contribution in [-0.4, -0.2) is 17.6 Å². The van der Waals surface area contributed by atoms with Crippen molar-refractivity contribution in [1.82, 2.24) is 5.32 Å². The molecule has 5 nitrogen and oxygen atoms in total. The first-order valence-corrected chi connectivity index (χ1v) is 10.4. The molecule has 2 aromatic rings. The lowest BCUT2D eigenvalue weighted by molar-refractivity contribution is -0.122. The summed E-state index contributed by atoms with van der Waals surface area (Å²) >= 11 is 0. The molecule has 1 aliphatic carbocycles. The van der Waals surface area contributed by atoms with Crippen molar-refractivity contribution in [2.75, 3.05) is 4.90 Å². The normalized spacial score (nSPS) is 20.0. The Labute approximate surface area is 181 Å². The van der Waals surface area contributed by atoms with Gasteiger partial charge in [0.25, 0.3) is 5.91 Å². The predicted octanol–water partition coefficient (Wildman–Crippen LogP) is 4.51. The maximum Gasteiger partial charge on any atom is 0.409 e. The van der Waals surface area contributed by atoms with Crippen LogP contribution < -0.4 is 10.2 Å². The molecule has 1 fully saturated rings. The molecule has 1 heterocycles. The summed E-state index contributed by atoms with van der Waals surface area (Å²) < 4.78 is 20.4. The molecule has 0 bridgehead atoms. The van der Waals surface area contributed by atoms with E-state index in [0.717, 1.165) is 18.4 Å². The minimum Gasteiger partial charge on any atom is -0.444 e. The highest BCUT2D eigenvalue weighted by Gasteiger charge is 2.53. The molecule has 0 unspecified atom stereocenters. The lowest BCUT2D eigenvalue weighted by atomic mass is 9.91. The maximum absolute atomic E-state index is 15.0. The van der Waals surface area contributed by atoms with Gasteiger partial charge in [-0.05, 0) is 45.2 Å². The third-order valence-electron chi connectivity index (χ3n) is 5.14. The molecule has 6 heteroatoms. The van der Waals surface area contributed by atoms with E-state index in [2.05, 4.69) is 17.2 Å². The molecular formula is C25H25FN2O3. The van der Waals surface area contributed by atoms with Crippen LogP contribution in [0.15, 0.2) is 48.5 Å². The number of hydrogen-bond acceptors (Lipinski definition) is 3. The van der Waals surface area contributed by atoms with E-state index in [1.54, 1.807) is 26.8 Å². The Hall–Kier alpha value is -3.33. The third-order valence-corrected chi connectivity index (χ3v) is 5.14. The van der Waals surface area contributed by atoms with Crippen molar-refractivity contribution in [1.29, 1.82) is 0 Å². The molecule has 2 amide bonds. The molecular weight excluding hydrogens is 395 g/mol. The van der Waals surface area contributed by atoms with Gasteiger partial charge in [-0.2, -0.15) is 0 Å². The molecule has 0 radical (unpaired) electrons. The molecule has 31 heavy (non-hydrogen) atoms. The first-order valence-electron chi connectivity index (χ1n) is 10.4. The number of anilines is 1. The molecule has 0 saturated heterocycles. The van der Waals surface area contributed by atoms with Crippen LogP contribution >= 0.6 is 0 Å². The molecule has 1 aliphatic heterocycles. The number of amides is 2. The minimum atomic E-state index is -1.70. The van der Waals surface area contributed by atoms with Crippen LogP contribution in [0.2, 0.25) is 0 Å². The van der Waals surface area contributed by atoms with Crippen LogP contribution in [0, 0.1) is 23.6 Å². The van der Waals surface area contributed by atoms with Gasteiger partial charge < -0.3 is 9.64 Å². The Morgan fingerprint density at radius 3 is 2.55 bits per heavy atom. The number of rotatable bonds is 3. The highest BCUT2D eigenvalue weighted by atomic mass is 19.1. The lowest BCUT2D eigenvalue weighted by Gasteiger charge is -2.27. The van der Waals surface area contributed by atoms with E-state index in [1.807, 2.05) is 30.3 Å². The average Bonchev–Trinajstić information content (AvgIpc) is 3.50. The Balaban J connectivity index is 1.80. The number of alkyl carbamates (subject to hydrolysis) is 1. The zero-order valence-corrected chi connectivity index (χ0v) is 17.9. The van der Waals surface area contributed by atoms with Crippen LogP contribution in [0.4, 0.5) is 14.9 Å². The highest BCUT2D eigenvalue weighted by molar-refractivity contribution is 6.11. The third kappa shape index (κ3) is 4.27. The first kappa shape index (κ1) is 20.9. The van der Waals surface area contributed by atoms with Gasteiger partial charge in [-0.25, -0.2) is 9.18 Å². The number of nitrogens with one attached hydrogen (secondary N) is 1. The molecule has 2 aromatic carbocycles. The van der Waals surface area contributed by atoms with Gasteiger partial charge in [0.05, 0.1) is 12.2 Å². The molecule has 0 aromatic heterocycles. The Morgan fingerprint density at radius 1 is 1.19 bits per heavy atom. The van der Waals surface area contributed by atoms with Crippen molar-refractivity contribution in [3.63, 3.8) is 0 Å². The number of halogens is 1. The summed E-state index contributed by atoms with van der Waals surface area (Å²) in [6.45, 7) is 5.37. The number of ether oxygens (including phenoxy) is 1. The summed E-state index contributed by atoms with van der Waals surface area (Å²) in [5.74, 6) is 5.25.